The molecule has 0 radical (unpaired) electrons. The molecule has 0 heterocycles. The van der Waals surface area contributed by atoms with Gasteiger partial charge in [-0.25, -0.2) is 0 Å². The number of benzene rings is 1. The number of rotatable bonds is 8. The predicted octanol–water partition coefficient (Wildman–Crippen LogP) is 1.69. The number of nitrogens with one attached hydrogen (secondary N) is 1. The maximum absolute atomic E-state index is 11.8. The highest BCUT2D eigenvalue weighted by Crippen LogP contribution is 2.28. The second-order valence-electron chi connectivity index (χ2n) is 4.02. The fraction of sp³-hybridized carbons (Fsp3) is 0.429. The zero-order chi connectivity index (χ0) is 15.0. The Morgan fingerprint density at radius 2 is 1.95 bits per heavy atom. The van der Waals surface area contributed by atoms with Crippen molar-refractivity contribution in [3.63, 3.8) is 0 Å². The molecule has 0 saturated heterocycles. The highest BCUT2D eigenvalue weighted by Gasteiger charge is 2.12. The fourth-order valence-corrected chi connectivity index (χ4v) is 1.51. The van der Waals surface area contributed by atoms with Gasteiger partial charge in [-0.05, 0) is 31.5 Å². The Morgan fingerprint density at radius 3 is 2.55 bits per heavy atom. The summed E-state index contributed by atoms with van der Waals surface area (Å²) in [5.74, 6) is -0.505. The largest absolute Gasteiger partial charge is 0.490 e. The molecule has 6 nitrogen and oxygen atoms in total. The Hall–Kier alpha value is -2.24. The molecule has 20 heavy (non-hydrogen) atoms. The van der Waals surface area contributed by atoms with Crippen LogP contribution in [-0.4, -0.2) is 36.7 Å². The van der Waals surface area contributed by atoms with Crippen LogP contribution in [0.5, 0.6) is 11.5 Å². The molecule has 1 amide bonds. The van der Waals surface area contributed by atoms with Gasteiger partial charge in [-0.2, -0.15) is 0 Å². The van der Waals surface area contributed by atoms with Crippen molar-refractivity contribution in [2.75, 3.05) is 19.8 Å². The van der Waals surface area contributed by atoms with E-state index in [-0.39, 0.29) is 0 Å². The number of hydrogen-bond donors (Lipinski definition) is 2. The van der Waals surface area contributed by atoms with E-state index in [2.05, 4.69) is 5.32 Å². The van der Waals surface area contributed by atoms with E-state index in [1.807, 2.05) is 13.8 Å². The Labute approximate surface area is 117 Å². The third-order valence-electron chi connectivity index (χ3n) is 2.37. The van der Waals surface area contributed by atoms with Crippen molar-refractivity contribution >= 4 is 11.9 Å². The van der Waals surface area contributed by atoms with Crippen molar-refractivity contribution in [2.24, 2.45) is 0 Å². The summed E-state index contributed by atoms with van der Waals surface area (Å²) in [4.78, 5) is 22.2. The van der Waals surface area contributed by atoms with Crippen molar-refractivity contribution in [1.29, 1.82) is 0 Å². The number of carboxylic acid groups (broad SMARTS) is 1. The second-order valence-corrected chi connectivity index (χ2v) is 4.02. The van der Waals surface area contributed by atoms with E-state index in [0.717, 1.165) is 6.42 Å². The third-order valence-corrected chi connectivity index (χ3v) is 2.37. The Morgan fingerprint density at radius 1 is 1.20 bits per heavy atom. The van der Waals surface area contributed by atoms with Crippen LogP contribution in [-0.2, 0) is 4.79 Å². The maximum Gasteiger partial charge on any atom is 0.322 e. The molecule has 1 rings (SSSR count). The average molecular weight is 281 g/mol. The van der Waals surface area contributed by atoms with E-state index in [0.29, 0.717) is 30.3 Å². The van der Waals surface area contributed by atoms with Crippen LogP contribution in [0.4, 0.5) is 0 Å². The average Bonchev–Trinajstić information content (AvgIpc) is 2.43. The molecule has 0 spiro atoms. The van der Waals surface area contributed by atoms with Crippen LogP contribution in [0.3, 0.4) is 0 Å². The summed E-state index contributed by atoms with van der Waals surface area (Å²) in [7, 11) is 0. The summed E-state index contributed by atoms with van der Waals surface area (Å²) in [6.45, 7) is 4.42. The standard InChI is InChI=1S/C14H19NO5/c1-3-7-20-11-6-5-10(8-12(11)19-4-2)14(18)15-9-13(16)17/h5-6,8H,3-4,7,9H2,1-2H3,(H,15,18)(H,16,17). The number of carbonyl (C=O) groups excluding carboxylic acids is 1. The minimum absolute atomic E-state index is 0.332. The van der Waals surface area contributed by atoms with E-state index >= 15 is 0 Å². The molecule has 110 valence electrons. The second kappa shape index (κ2) is 8.04. The van der Waals surface area contributed by atoms with Gasteiger partial charge in [-0.15, -0.1) is 0 Å². The Bertz CT molecular complexity index is 473. The number of ether oxygens (including phenoxy) is 2. The van der Waals surface area contributed by atoms with E-state index in [1.54, 1.807) is 18.2 Å². The molecule has 2 N–H and O–H groups in total. The van der Waals surface area contributed by atoms with Gasteiger partial charge in [0, 0.05) is 5.56 Å². The summed E-state index contributed by atoms with van der Waals surface area (Å²) in [5, 5.41) is 10.8. The zero-order valence-electron chi connectivity index (χ0n) is 11.6. The minimum Gasteiger partial charge on any atom is -0.490 e. The summed E-state index contributed by atoms with van der Waals surface area (Å²) in [6.07, 6.45) is 0.867. The van der Waals surface area contributed by atoms with Crippen LogP contribution in [0.2, 0.25) is 0 Å². The molecule has 1 aromatic rings. The highest BCUT2D eigenvalue weighted by atomic mass is 16.5. The lowest BCUT2D eigenvalue weighted by Gasteiger charge is -2.12. The topological polar surface area (TPSA) is 84.9 Å². The number of amides is 1. The molecule has 1 aromatic carbocycles. The highest BCUT2D eigenvalue weighted by molar-refractivity contribution is 5.96. The van der Waals surface area contributed by atoms with Crippen LogP contribution >= 0.6 is 0 Å². The monoisotopic (exact) mass is 281 g/mol. The Kier molecular flexibility index (Phi) is 6.36. The lowest BCUT2D eigenvalue weighted by Crippen LogP contribution is -2.29. The van der Waals surface area contributed by atoms with Crippen molar-refractivity contribution in [3.05, 3.63) is 23.8 Å². The molecule has 0 bridgehead atoms. The van der Waals surface area contributed by atoms with Crippen molar-refractivity contribution < 1.29 is 24.2 Å². The van der Waals surface area contributed by atoms with Crippen LogP contribution in [0.15, 0.2) is 18.2 Å². The molecule has 0 aliphatic rings. The van der Waals surface area contributed by atoms with Crippen molar-refractivity contribution in [1.82, 2.24) is 5.32 Å². The summed E-state index contributed by atoms with van der Waals surface area (Å²) in [6, 6.07) is 4.77. The zero-order valence-corrected chi connectivity index (χ0v) is 11.6. The number of carboxylic acids is 1. The minimum atomic E-state index is -1.09. The quantitative estimate of drug-likeness (QED) is 0.757. The smallest absolute Gasteiger partial charge is 0.322 e. The number of carbonyl (C=O) groups is 2. The summed E-state index contributed by atoms with van der Waals surface area (Å²) in [5.41, 5.74) is 0.332. The first-order valence-electron chi connectivity index (χ1n) is 6.48. The molecular formula is C14H19NO5. The molecule has 0 unspecified atom stereocenters. The maximum atomic E-state index is 11.8. The van der Waals surface area contributed by atoms with Crippen LogP contribution < -0.4 is 14.8 Å². The number of aliphatic carboxylic acids is 1. The van der Waals surface area contributed by atoms with E-state index in [9.17, 15) is 9.59 Å². The van der Waals surface area contributed by atoms with Gasteiger partial charge in [0.1, 0.15) is 6.54 Å². The Balaban J connectivity index is 2.85. The molecular weight excluding hydrogens is 262 g/mol. The molecule has 0 atom stereocenters. The lowest BCUT2D eigenvalue weighted by molar-refractivity contribution is -0.135. The van der Waals surface area contributed by atoms with Gasteiger partial charge >= 0.3 is 5.97 Å². The van der Waals surface area contributed by atoms with E-state index in [1.165, 1.54) is 0 Å². The van der Waals surface area contributed by atoms with Crippen LogP contribution in [0, 0.1) is 0 Å². The van der Waals surface area contributed by atoms with Crippen molar-refractivity contribution in [2.45, 2.75) is 20.3 Å². The molecule has 0 aliphatic carbocycles. The molecule has 0 aliphatic heterocycles. The van der Waals surface area contributed by atoms with Gasteiger partial charge in [-0.3, -0.25) is 9.59 Å². The molecule has 0 saturated carbocycles. The first kappa shape index (κ1) is 15.8. The normalized spacial score (nSPS) is 9.90. The number of hydrogen-bond acceptors (Lipinski definition) is 4. The lowest BCUT2D eigenvalue weighted by atomic mass is 10.2. The van der Waals surface area contributed by atoms with Crippen LogP contribution in [0.25, 0.3) is 0 Å². The van der Waals surface area contributed by atoms with Gasteiger partial charge in [0.2, 0.25) is 0 Å². The van der Waals surface area contributed by atoms with E-state index in [4.69, 9.17) is 14.6 Å². The van der Waals surface area contributed by atoms with Gasteiger partial charge < -0.3 is 19.9 Å². The molecule has 0 aromatic heterocycles. The van der Waals surface area contributed by atoms with Gasteiger partial charge in [0.05, 0.1) is 13.2 Å². The van der Waals surface area contributed by atoms with Crippen molar-refractivity contribution in [3.8, 4) is 11.5 Å². The van der Waals surface area contributed by atoms with E-state index < -0.39 is 18.4 Å². The molecule has 6 heteroatoms. The first-order valence-corrected chi connectivity index (χ1v) is 6.48. The van der Waals surface area contributed by atoms with Gasteiger partial charge in [0.15, 0.2) is 11.5 Å². The van der Waals surface area contributed by atoms with Gasteiger partial charge in [0.25, 0.3) is 5.91 Å². The SMILES string of the molecule is CCCOc1ccc(C(=O)NCC(=O)O)cc1OCC. The third kappa shape index (κ3) is 4.79. The van der Waals surface area contributed by atoms with Gasteiger partial charge in [-0.1, -0.05) is 6.92 Å². The fourth-order valence-electron chi connectivity index (χ4n) is 1.51. The summed E-state index contributed by atoms with van der Waals surface area (Å²) < 4.78 is 11.0. The first-order chi connectivity index (χ1) is 9.58. The van der Waals surface area contributed by atoms with Crippen LogP contribution in [0.1, 0.15) is 30.6 Å². The predicted molar refractivity (Wildman–Crippen MR) is 73.4 cm³/mol. The molecule has 0 fully saturated rings. The summed E-state index contributed by atoms with van der Waals surface area (Å²) >= 11 is 0.